The van der Waals surface area contributed by atoms with Crippen molar-refractivity contribution in [3.63, 3.8) is 0 Å². The fourth-order valence-electron chi connectivity index (χ4n) is 3.42. The zero-order valence-electron chi connectivity index (χ0n) is 17.5. The lowest BCUT2D eigenvalue weighted by atomic mass is 10.2. The van der Waals surface area contributed by atoms with E-state index in [0.29, 0.717) is 5.02 Å². The minimum Gasteiger partial charge on any atom is -0.460 e. The molecule has 0 aliphatic carbocycles. The summed E-state index contributed by atoms with van der Waals surface area (Å²) in [6, 6.07) is 19.5. The smallest absolute Gasteiger partial charge is 0.376 e. The highest BCUT2D eigenvalue weighted by molar-refractivity contribution is 7.10. The van der Waals surface area contributed by atoms with Crippen LogP contribution < -0.4 is 14.8 Å². The van der Waals surface area contributed by atoms with Crippen molar-refractivity contribution in [1.29, 1.82) is 0 Å². The second-order valence-corrected chi connectivity index (χ2v) is 8.55. The number of esters is 1. The molecule has 0 bridgehead atoms. The molecule has 0 fully saturated rings. The molecule has 0 spiro atoms. The highest BCUT2D eigenvalue weighted by Crippen LogP contribution is 2.41. The van der Waals surface area contributed by atoms with E-state index in [1.165, 1.54) is 0 Å². The third kappa shape index (κ3) is 4.24. The monoisotopic (exact) mass is 454 g/mol. The van der Waals surface area contributed by atoms with E-state index in [9.17, 15) is 4.79 Å². The van der Waals surface area contributed by atoms with Gasteiger partial charge in [0.05, 0.1) is 12.3 Å². The summed E-state index contributed by atoms with van der Waals surface area (Å²) in [6.07, 6.45) is -0.328. The van der Waals surface area contributed by atoms with Gasteiger partial charge >= 0.3 is 5.97 Å². The normalized spacial score (nSPS) is 15.7. The van der Waals surface area contributed by atoms with E-state index in [1.54, 1.807) is 18.3 Å². The minimum atomic E-state index is -0.461. The Morgan fingerprint density at radius 3 is 2.35 bits per heavy atom. The first-order valence-corrected chi connectivity index (χ1v) is 11.2. The van der Waals surface area contributed by atoms with Gasteiger partial charge in [-0.3, -0.25) is 4.90 Å². The molecule has 0 N–H and O–H groups in total. The number of rotatable bonds is 6. The summed E-state index contributed by atoms with van der Waals surface area (Å²) >= 11 is 7.71. The number of ether oxygens (including phenoxy) is 1. The van der Waals surface area contributed by atoms with Gasteiger partial charge in [-0.1, -0.05) is 17.7 Å². The number of hydrogen-bond donors (Lipinski definition) is 0. The number of carbonyl (C=O) groups excluding carboxylic acids is 1. The largest absolute Gasteiger partial charge is 0.460 e. The van der Waals surface area contributed by atoms with Gasteiger partial charge in [0.2, 0.25) is 5.84 Å². The first kappa shape index (κ1) is 21.2. The summed E-state index contributed by atoms with van der Waals surface area (Å²) in [5.41, 5.74) is 2.75. The fraction of sp³-hybridized carbons (Fsp3) is 0.217. The molecule has 1 atom stereocenters. The predicted molar refractivity (Wildman–Crippen MR) is 128 cm³/mol. The van der Waals surface area contributed by atoms with Gasteiger partial charge in [0.1, 0.15) is 0 Å². The number of nitrogens with zero attached hydrogens (tertiary/aromatic N) is 4. The molecule has 0 saturated heterocycles. The maximum Gasteiger partial charge on any atom is 0.376 e. The van der Waals surface area contributed by atoms with Crippen LogP contribution in [0.2, 0.25) is 5.02 Å². The average molecular weight is 455 g/mol. The van der Waals surface area contributed by atoms with Crippen LogP contribution in [0.4, 0.5) is 17.1 Å². The number of benzene rings is 2. The minimum absolute atomic E-state index is 0.243. The lowest BCUT2D eigenvalue weighted by Gasteiger charge is -2.31. The molecule has 1 aliphatic heterocycles. The van der Waals surface area contributed by atoms with E-state index >= 15 is 0 Å². The molecule has 0 amide bonds. The summed E-state index contributed by atoms with van der Waals surface area (Å²) in [5.74, 6) is -0.218. The van der Waals surface area contributed by atoms with E-state index in [4.69, 9.17) is 21.4 Å². The average Bonchev–Trinajstić information content (AvgIpc) is 3.42. The maximum atomic E-state index is 12.9. The Balaban J connectivity index is 1.84. The van der Waals surface area contributed by atoms with Crippen molar-refractivity contribution < 1.29 is 9.53 Å². The first-order chi connectivity index (χ1) is 15.0. The highest BCUT2D eigenvalue weighted by Gasteiger charge is 2.41. The van der Waals surface area contributed by atoms with Crippen LogP contribution >= 0.6 is 22.9 Å². The zero-order chi connectivity index (χ0) is 22.0. The number of amidine groups is 1. The molecule has 2 heterocycles. The second-order valence-electron chi connectivity index (χ2n) is 7.13. The van der Waals surface area contributed by atoms with Gasteiger partial charge in [-0.2, -0.15) is 0 Å². The Labute approximate surface area is 190 Å². The standard InChI is InChI=1S/C23H23ClN4O2S/c1-4-30-23(29)21-25-28(19-9-7-16(24)8-10-19)22(20-6-5-15-31-20)27(21)18-13-11-17(12-14-18)26(2)3/h5-15,22H,4H2,1-3H3/t22-/m1/s1. The van der Waals surface area contributed by atoms with E-state index in [2.05, 4.69) is 0 Å². The molecule has 4 rings (SSSR count). The molecular formula is C23H23ClN4O2S. The molecule has 2 aromatic carbocycles. The van der Waals surface area contributed by atoms with E-state index in [0.717, 1.165) is 21.9 Å². The van der Waals surface area contributed by atoms with Crippen molar-refractivity contribution in [2.45, 2.75) is 13.1 Å². The van der Waals surface area contributed by atoms with Gasteiger partial charge in [-0.15, -0.1) is 16.4 Å². The maximum absolute atomic E-state index is 12.9. The molecule has 1 aromatic heterocycles. The quantitative estimate of drug-likeness (QED) is 0.468. The molecule has 0 saturated carbocycles. The molecule has 6 nitrogen and oxygen atoms in total. The Hall–Kier alpha value is -3.03. The fourth-order valence-corrected chi connectivity index (χ4v) is 4.34. The Bertz CT molecular complexity index is 1070. The topological polar surface area (TPSA) is 48.4 Å². The number of hydrogen-bond acceptors (Lipinski definition) is 7. The van der Waals surface area contributed by atoms with Gasteiger partial charge in [-0.25, -0.2) is 9.80 Å². The molecule has 1 aliphatic rings. The second kappa shape index (κ2) is 8.99. The van der Waals surface area contributed by atoms with Crippen LogP contribution in [0.5, 0.6) is 0 Å². The van der Waals surface area contributed by atoms with Crippen LogP contribution in [-0.2, 0) is 9.53 Å². The summed E-state index contributed by atoms with van der Waals surface area (Å²) in [7, 11) is 3.99. The van der Waals surface area contributed by atoms with Crippen LogP contribution in [0.25, 0.3) is 0 Å². The molecule has 31 heavy (non-hydrogen) atoms. The third-order valence-corrected chi connectivity index (χ3v) is 6.06. The number of anilines is 3. The Kier molecular flexibility index (Phi) is 6.15. The zero-order valence-corrected chi connectivity index (χ0v) is 19.1. The van der Waals surface area contributed by atoms with Gasteiger partial charge < -0.3 is 9.64 Å². The lowest BCUT2D eigenvalue weighted by Crippen LogP contribution is -2.38. The van der Waals surface area contributed by atoms with Gasteiger partial charge in [0.25, 0.3) is 0 Å². The van der Waals surface area contributed by atoms with E-state index in [1.807, 2.05) is 94.9 Å². The van der Waals surface area contributed by atoms with Crippen molar-refractivity contribution in [1.82, 2.24) is 0 Å². The number of halogens is 1. The molecule has 160 valence electrons. The summed E-state index contributed by atoms with van der Waals surface area (Å²) in [5, 5.41) is 9.21. The number of hydrazone groups is 1. The molecule has 3 aromatic rings. The van der Waals surface area contributed by atoms with Crippen molar-refractivity contribution in [2.24, 2.45) is 5.10 Å². The summed E-state index contributed by atoms with van der Waals surface area (Å²) in [4.78, 5) is 17.9. The van der Waals surface area contributed by atoms with Crippen LogP contribution in [-0.4, -0.2) is 32.5 Å². The van der Waals surface area contributed by atoms with Crippen molar-refractivity contribution in [2.75, 3.05) is 35.5 Å². The highest BCUT2D eigenvalue weighted by atomic mass is 35.5. The molecular weight excluding hydrogens is 432 g/mol. The van der Waals surface area contributed by atoms with Crippen LogP contribution in [0.3, 0.4) is 0 Å². The summed E-state index contributed by atoms with van der Waals surface area (Å²) in [6.45, 7) is 2.06. The first-order valence-electron chi connectivity index (χ1n) is 9.90. The van der Waals surface area contributed by atoms with E-state index in [-0.39, 0.29) is 18.6 Å². The van der Waals surface area contributed by atoms with Gasteiger partial charge in [-0.05, 0) is 66.9 Å². The van der Waals surface area contributed by atoms with Crippen LogP contribution in [0, 0.1) is 0 Å². The molecule has 0 radical (unpaired) electrons. The SMILES string of the molecule is CCOC(=O)C1=NN(c2ccc(Cl)cc2)[C@H](c2cccs2)N1c1ccc(N(C)C)cc1. The van der Waals surface area contributed by atoms with Crippen LogP contribution in [0.1, 0.15) is 18.0 Å². The lowest BCUT2D eigenvalue weighted by molar-refractivity contribution is -0.135. The third-order valence-electron chi connectivity index (χ3n) is 4.90. The number of carbonyl (C=O) groups is 1. The molecule has 8 heteroatoms. The van der Waals surface area contributed by atoms with Gasteiger partial charge in [0.15, 0.2) is 6.17 Å². The summed E-state index contributed by atoms with van der Waals surface area (Å²) < 4.78 is 5.34. The van der Waals surface area contributed by atoms with E-state index < -0.39 is 5.97 Å². The van der Waals surface area contributed by atoms with Crippen molar-refractivity contribution in [3.8, 4) is 0 Å². The number of thiophene rings is 1. The Morgan fingerprint density at radius 1 is 1.10 bits per heavy atom. The molecule has 0 unspecified atom stereocenters. The van der Waals surface area contributed by atoms with Gasteiger partial charge in [0, 0.05) is 35.4 Å². The Morgan fingerprint density at radius 2 is 1.77 bits per heavy atom. The van der Waals surface area contributed by atoms with Crippen molar-refractivity contribution >= 4 is 51.8 Å². The predicted octanol–water partition coefficient (Wildman–Crippen LogP) is 5.37. The van der Waals surface area contributed by atoms with Crippen LogP contribution in [0.15, 0.2) is 71.1 Å². The van der Waals surface area contributed by atoms with Crippen molar-refractivity contribution in [3.05, 3.63) is 75.9 Å².